The second kappa shape index (κ2) is 5.96. The van der Waals surface area contributed by atoms with Gasteiger partial charge in [-0.3, -0.25) is 0 Å². The van der Waals surface area contributed by atoms with Gasteiger partial charge in [-0.25, -0.2) is 0 Å². The van der Waals surface area contributed by atoms with Crippen molar-refractivity contribution in [1.29, 1.82) is 0 Å². The Labute approximate surface area is 45.7 Å². The number of rotatable bonds is 4. The van der Waals surface area contributed by atoms with Gasteiger partial charge in [0.05, 0.1) is 6.61 Å². The molecule has 1 nitrogen and oxygen atoms in total. The molecular weight excluding hydrogens is 88.1 g/mol. The number of ether oxygens (including phenoxy) is 1. The Morgan fingerprint density at radius 2 is 2.29 bits per heavy atom. The first kappa shape index (κ1) is 6.96. The summed E-state index contributed by atoms with van der Waals surface area (Å²) in [4.78, 5) is 0. The molecule has 2 radical (unpaired) electrons. The maximum Gasteiger partial charge on any atom is 0.0501 e. The average Bonchev–Trinajstić information content (AvgIpc) is 1.69. The van der Waals surface area contributed by atoms with E-state index in [0.29, 0.717) is 6.61 Å². The van der Waals surface area contributed by atoms with Crippen LogP contribution in [0.3, 0.4) is 0 Å². The van der Waals surface area contributed by atoms with Crippen LogP contribution in [0.4, 0.5) is 0 Å². The van der Waals surface area contributed by atoms with Crippen LogP contribution in [0.2, 0.25) is 0 Å². The minimum atomic E-state index is 0.361. The molecular formula is C6H12O. The molecule has 0 aromatic heterocycles. The van der Waals surface area contributed by atoms with Crippen molar-refractivity contribution in [3.63, 3.8) is 0 Å². The van der Waals surface area contributed by atoms with Crippen LogP contribution in [0, 0.1) is 6.92 Å². The highest BCUT2D eigenvalue weighted by Crippen LogP contribution is 1.85. The summed E-state index contributed by atoms with van der Waals surface area (Å²) in [5, 5.41) is 0. The summed E-state index contributed by atoms with van der Waals surface area (Å²) in [5.74, 6) is 0. The quantitative estimate of drug-likeness (QED) is 0.486. The zero-order chi connectivity index (χ0) is 5.54. The summed E-state index contributed by atoms with van der Waals surface area (Å²) in [5.41, 5.74) is 0. The largest absolute Gasteiger partial charge is 0.381 e. The van der Waals surface area contributed by atoms with Crippen molar-refractivity contribution in [2.75, 3.05) is 13.2 Å². The summed E-state index contributed by atoms with van der Waals surface area (Å²) in [6.07, 6.45) is 2.30. The fourth-order valence-electron chi connectivity index (χ4n) is 0.330. The van der Waals surface area contributed by atoms with Crippen molar-refractivity contribution in [1.82, 2.24) is 0 Å². The van der Waals surface area contributed by atoms with Gasteiger partial charge in [-0.1, -0.05) is 13.3 Å². The molecule has 0 atom stereocenters. The molecule has 42 valence electrons. The van der Waals surface area contributed by atoms with Crippen LogP contribution in [0.15, 0.2) is 0 Å². The molecule has 0 unspecified atom stereocenters. The molecule has 0 aromatic rings. The van der Waals surface area contributed by atoms with E-state index in [2.05, 4.69) is 6.92 Å². The first-order chi connectivity index (χ1) is 3.41. The van der Waals surface area contributed by atoms with Crippen LogP contribution in [-0.2, 0) is 4.74 Å². The highest BCUT2D eigenvalue weighted by molar-refractivity contribution is 4.33. The third kappa shape index (κ3) is 5.96. The molecule has 0 saturated heterocycles. The summed E-state index contributed by atoms with van der Waals surface area (Å²) >= 11 is 0. The van der Waals surface area contributed by atoms with Crippen molar-refractivity contribution in [3.8, 4) is 0 Å². The topological polar surface area (TPSA) is 9.23 Å². The van der Waals surface area contributed by atoms with E-state index in [1.54, 1.807) is 0 Å². The van der Waals surface area contributed by atoms with Crippen LogP contribution < -0.4 is 0 Å². The number of hydrogen-bond acceptors (Lipinski definition) is 1. The minimum Gasteiger partial charge on any atom is -0.381 e. The molecule has 1 heteroatoms. The molecule has 0 rings (SSSR count). The summed E-state index contributed by atoms with van der Waals surface area (Å²) in [6.45, 7) is 8.35. The third-order valence-corrected chi connectivity index (χ3v) is 0.760. The predicted molar refractivity (Wildman–Crippen MR) is 30.0 cm³/mol. The molecule has 0 bridgehead atoms. The van der Waals surface area contributed by atoms with E-state index in [0.717, 1.165) is 13.0 Å². The highest BCUT2D eigenvalue weighted by atomic mass is 16.5. The molecule has 0 aliphatic heterocycles. The smallest absolute Gasteiger partial charge is 0.0501 e. The molecule has 0 heterocycles. The Hall–Kier alpha value is -0.0400. The van der Waals surface area contributed by atoms with Gasteiger partial charge >= 0.3 is 0 Å². The molecule has 0 aliphatic carbocycles. The maximum absolute atomic E-state index is 5.05. The normalized spacial score (nSPS) is 9.43. The Morgan fingerprint density at radius 3 is 2.71 bits per heavy atom. The van der Waals surface area contributed by atoms with E-state index >= 15 is 0 Å². The second-order valence-electron chi connectivity index (χ2n) is 1.43. The average molecular weight is 100 g/mol. The second-order valence-corrected chi connectivity index (χ2v) is 1.43. The van der Waals surface area contributed by atoms with Gasteiger partial charge in [0, 0.05) is 6.61 Å². The van der Waals surface area contributed by atoms with E-state index in [-0.39, 0.29) is 0 Å². The van der Waals surface area contributed by atoms with Gasteiger partial charge in [-0.15, -0.1) is 0 Å². The zero-order valence-electron chi connectivity index (χ0n) is 4.81. The van der Waals surface area contributed by atoms with E-state index < -0.39 is 0 Å². The monoisotopic (exact) mass is 100 g/mol. The molecule has 0 aromatic carbocycles. The van der Waals surface area contributed by atoms with Crippen molar-refractivity contribution >= 4 is 0 Å². The molecule has 7 heavy (non-hydrogen) atoms. The van der Waals surface area contributed by atoms with Crippen molar-refractivity contribution < 1.29 is 4.74 Å². The molecule has 0 aliphatic rings. The van der Waals surface area contributed by atoms with Gasteiger partial charge < -0.3 is 4.74 Å². The van der Waals surface area contributed by atoms with Crippen LogP contribution in [0.1, 0.15) is 19.8 Å². The fourth-order valence-corrected chi connectivity index (χ4v) is 0.330. The van der Waals surface area contributed by atoms with Crippen molar-refractivity contribution in [3.05, 3.63) is 6.92 Å². The van der Waals surface area contributed by atoms with Crippen LogP contribution >= 0.6 is 0 Å². The van der Waals surface area contributed by atoms with Gasteiger partial charge in [0.15, 0.2) is 0 Å². The van der Waals surface area contributed by atoms with Gasteiger partial charge in [0.1, 0.15) is 0 Å². The Kier molecular flexibility index (Phi) is 5.93. The van der Waals surface area contributed by atoms with E-state index in [9.17, 15) is 0 Å². The van der Waals surface area contributed by atoms with Gasteiger partial charge in [-0.05, 0) is 13.3 Å². The Morgan fingerprint density at radius 1 is 1.57 bits per heavy atom. The summed E-state index contributed by atoms with van der Waals surface area (Å²) < 4.78 is 4.85. The van der Waals surface area contributed by atoms with Crippen LogP contribution in [0.5, 0.6) is 0 Å². The summed E-state index contributed by atoms with van der Waals surface area (Å²) in [7, 11) is 0. The maximum atomic E-state index is 5.05. The molecule has 0 saturated carbocycles. The van der Waals surface area contributed by atoms with E-state index in [1.807, 2.05) is 0 Å². The van der Waals surface area contributed by atoms with Crippen molar-refractivity contribution in [2.24, 2.45) is 0 Å². The van der Waals surface area contributed by atoms with Crippen LogP contribution in [-0.4, -0.2) is 13.2 Å². The highest BCUT2D eigenvalue weighted by Gasteiger charge is 1.78. The minimum absolute atomic E-state index is 0.361. The van der Waals surface area contributed by atoms with E-state index in [4.69, 9.17) is 11.7 Å². The first-order valence-electron chi connectivity index (χ1n) is 2.69. The van der Waals surface area contributed by atoms with Crippen LogP contribution in [0.25, 0.3) is 0 Å². The predicted octanol–water partition coefficient (Wildman–Crippen LogP) is 1.51. The number of unbranched alkanes of at least 4 members (excludes halogenated alkanes) is 1. The zero-order valence-corrected chi connectivity index (χ0v) is 4.81. The first-order valence-corrected chi connectivity index (χ1v) is 2.69. The lowest BCUT2D eigenvalue weighted by molar-refractivity contribution is 0.157. The van der Waals surface area contributed by atoms with Crippen molar-refractivity contribution in [2.45, 2.75) is 19.8 Å². The van der Waals surface area contributed by atoms with Gasteiger partial charge in [0.25, 0.3) is 0 Å². The molecule has 0 amide bonds. The molecule has 0 spiro atoms. The van der Waals surface area contributed by atoms with Gasteiger partial charge in [0.2, 0.25) is 0 Å². The SMILES string of the molecule is [CH]COCCCC. The molecule has 0 N–H and O–H groups in total. The molecule has 0 fully saturated rings. The number of hydrogen-bond donors (Lipinski definition) is 0. The van der Waals surface area contributed by atoms with E-state index in [1.165, 1.54) is 6.42 Å². The third-order valence-electron chi connectivity index (χ3n) is 0.760. The lowest BCUT2D eigenvalue weighted by atomic mass is 10.4. The summed E-state index contributed by atoms with van der Waals surface area (Å²) in [6, 6.07) is 0. The van der Waals surface area contributed by atoms with Gasteiger partial charge in [-0.2, -0.15) is 0 Å². The lowest BCUT2D eigenvalue weighted by Gasteiger charge is -1.94. The standard InChI is InChI=1S/C6H12O/c1-3-5-6-7-4-2/h2H,3-6H2,1H3. The Bertz CT molecular complexity index is 23.4. The fraction of sp³-hybridized carbons (Fsp3) is 0.833. The Balaban J connectivity index is 2.45. The lowest BCUT2D eigenvalue weighted by Crippen LogP contribution is -1.91.